The maximum absolute atomic E-state index is 14.5. The molecule has 1 saturated heterocycles. The summed E-state index contributed by atoms with van der Waals surface area (Å²) in [6, 6.07) is 11.9. The van der Waals surface area contributed by atoms with Gasteiger partial charge in [-0.3, -0.25) is 4.79 Å². The Hall–Kier alpha value is -2.80. The molecular formula is C21H19F2N3OS. The van der Waals surface area contributed by atoms with Crippen molar-refractivity contribution in [2.45, 2.75) is 19.8 Å². The Bertz CT molecular complexity index is 991. The predicted molar refractivity (Wildman–Crippen MR) is 108 cm³/mol. The molecule has 1 N–H and O–H groups in total. The molecule has 0 bridgehead atoms. The largest absolute Gasteiger partial charge is 0.367 e. The molecule has 1 aromatic heterocycles. The van der Waals surface area contributed by atoms with Gasteiger partial charge >= 0.3 is 0 Å². The fourth-order valence-corrected chi connectivity index (χ4v) is 4.35. The minimum absolute atomic E-state index is 0.0177. The highest BCUT2D eigenvalue weighted by molar-refractivity contribution is 7.17. The van der Waals surface area contributed by atoms with Crippen LogP contribution < -0.4 is 10.2 Å². The van der Waals surface area contributed by atoms with Crippen LogP contribution in [-0.2, 0) is 0 Å². The number of rotatable bonds is 4. The van der Waals surface area contributed by atoms with Gasteiger partial charge in [-0.1, -0.05) is 30.3 Å². The number of nitrogens with zero attached hydrogens (tertiary/aromatic N) is 2. The maximum atomic E-state index is 14.5. The van der Waals surface area contributed by atoms with Gasteiger partial charge < -0.3 is 10.2 Å². The van der Waals surface area contributed by atoms with E-state index >= 15 is 0 Å². The molecule has 1 fully saturated rings. The van der Waals surface area contributed by atoms with E-state index < -0.39 is 17.5 Å². The van der Waals surface area contributed by atoms with Crippen molar-refractivity contribution in [2.24, 2.45) is 0 Å². The van der Waals surface area contributed by atoms with Crippen LogP contribution in [0.1, 0.15) is 28.2 Å². The lowest BCUT2D eigenvalue weighted by Crippen LogP contribution is -2.21. The molecule has 7 heteroatoms. The Kier molecular flexibility index (Phi) is 5.09. The van der Waals surface area contributed by atoms with Crippen molar-refractivity contribution in [1.29, 1.82) is 0 Å². The number of aryl methyl sites for hydroxylation is 1. The molecule has 1 aliphatic rings. The second kappa shape index (κ2) is 7.67. The second-order valence-corrected chi connectivity index (χ2v) is 7.74. The summed E-state index contributed by atoms with van der Waals surface area (Å²) < 4.78 is 29.0. The Morgan fingerprint density at radius 3 is 2.39 bits per heavy atom. The summed E-state index contributed by atoms with van der Waals surface area (Å²) >= 11 is 1.25. The van der Waals surface area contributed by atoms with E-state index in [-0.39, 0.29) is 11.4 Å². The van der Waals surface area contributed by atoms with Gasteiger partial charge in [-0.05, 0) is 31.9 Å². The Morgan fingerprint density at radius 2 is 1.75 bits per heavy atom. The lowest BCUT2D eigenvalue weighted by molar-refractivity contribution is 0.103. The summed E-state index contributed by atoms with van der Waals surface area (Å²) in [6.07, 6.45) is 1.84. The molecule has 4 rings (SSSR count). The number of nitrogens with one attached hydrogen (secondary N) is 1. The van der Waals surface area contributed by atoms with Gasteiger partial charge in [0.2, 0.25) is 0 Å². The van der Waals surface area contributed by atoms with Crippen molar-refractivity contribution in [3.8, 4) is 10.6 Å². The molecule has 1 aliphatic heterocycles. The average Bonchev–Trinajstić information content (AvgIpc) is 3.32. The van der Waals surface area contributed by atoms with Crippen LogP contribution in [0.2, 0.25) is 0 Å². The number of aromatic nitrogens is 1. The van der Waals surface area contributed by atoms with E-state index in [4.69, 9.17) is 0 Å². The third-order valence-electron chi connectivity index (χ3n) is 4.72. The molecule has 4 nitrogen and oxygen atoms in total. The van der Waals surface area contributed by atoms with E-state index in [1.165, 1.54) is 23.5 Å². The van der Waals surface area contributed by atoms with E-state index in [9.17, 15) is 13.6 Å². The van der Waals surface area contributed by atoms with Crippen LogP contribution in [0.3, 0.4) is 0 Å². The van der Waals surface area contributed by atoms with E-state index in [1.807, 2.05) is 30.3 Å². The van der Waals surface area contributed by atoms with Crippen LogP contribution in [-0.4, -0.2) is 24.0 Å². The summed E-state index contributed by atoms with van der Waals surface area (Å²) in [7, 11) is 0. The molecule has 3 aromatic rings. The zero-order valence-corrected chi connectivity index (χ0v) is 16.2. The number of hydrogen-bond acceptors (Lipinski definition) is 4. The van der Waals surface area contributed by atoms with E-state index in [0.29, 0.717) is 23.7 Å². The normalized spacial score (nSPS) is 13.8. The fourth-order valence-electron chi connectivity index (χ4n) is 3.38. The van der Waals surface area contributed by atoms with Crippen LogP contribution in [0, 0.1) is 18.6 Å². The summed E-state index contributed by atoms with van der Waals surface area (Å²) in [6.45, 7) is 3.03. The number of halogens is 2. The zero-order chi connectivity index (χ0) is 19.7. The Morgan fingerprint density at radius 1 is 1.11 bits per heavy atom. The summed E-state index contributed by atoms with van der Waals surface area (Å²) in [5.74, 6) is -1.75. The lowest BCUT2D eigenvalue weighted by atomic mass is 10.2. The van der Waals surface area contributed by atoms with Crippen LogP contribution in [0.5, 0.6) is 0 Å². The molecule has 144 valence electrons. The minimum Gasteiger partial charge on any atom is -0.367 e. The Balaban J connectivity index is 1.56. The van der Waals surface area contributed by atoms with Crippen molar-refractivity contribution < 1.29 is 13.6 Å². The van der Waals surface area contributed by atoms with Gasteiger partial charge in [-0.2, -0.15) is 0 Å². The molecule has 0 radical (unpaired) electrons. The Labute approximate surface area is 165 Å². The lowest BCUT2D eigenvalue weighted by Gasteiger charge is -2.19. The summed E-state index contributed by atoms with van der Waals surface area (Å²) in [5.41, 5.74) is 1.57. The SMILES string of the molecule is Cc1nc(-c2ccccc2)sc1C(=O)Nc1cc(F)c(N2CCCC2)c(F)c1. The van der Waals surface area contributed by atoms with Crippen molar-refractivity contribution in [3.63, 3.8) is 0 Å². The van der Waals surface area contributed by atoms with Crippen LogP contribution in [0.25, 0.3) is 10.6 Å². The van der Waals surface area contributed by atoms with Crippen molar-refractivity contribution >= 4 is 28.6 Å². The van der Waals surface area contributed by atoms with Gasteiger partial charge in [0.05, 0.1) is 5.69 Å². The standard InChI is InChI=1S/C21H19F2N3OS/c1-13-19(28-21(24-13)14-7-3-2-4-8-14)20(27)25-15-11-16(22)18(17(23)12-15)26-9-5-6-10-26/h2-4,7-8,11-12H,5-6,9-10H2,1H3,(H,25,27). The first kappa shape index (κ1) is 18.6. The molecule has 0 spiro atoms. The van der Waals surface area contributed by atoms with Gasteiger partial charge in [0.15, 0.2) is 11.6 Å². The first-order valence-electron chi connectivity index (χ1n) is 9.11. The first-order chi connectivity index (χ1) is 13.5. The van der Waals surface area contributed by atoms with Gasteiger partial charge in [0, 0.05) is 24.3 Å². The summed E-state index contributed by atoms with van der Waals surface area (Å²) in [5, 5.41) is 3.32. The predicted octanol–water partition coefficient (Wildman–Crippen LogP) is 5.25. The number of benzene rings is 2. The molecule has 0 atom stereocenters. The molecule has 0 unspecified atom stereocenters. The van der Waals surface area contributed by atoms with Crippen LogP contribution in [0.4, 0.5) is 20.2 Å². The highest BCUT2D eigenvalue weighted by Gasteiger charge is 2.22. The van der Waals surface area contributed by atoms with E-state index in [1.54, 1.807) is 11.8 Å². The zero-order valence-electron chi connectivity index (χ0n) is 15.3. The molecule has 28 heavy (non-hydrogen) atoms. The molecule has 0 saturated carbocycles. The first-order valence-corrected chi connectivity index (χ1v) is 9.93. The van der Waals surface area contributed by atoms with Crippen LogP contribution in [0.15, 0.2) is 42.5 Å². The maximum Gasteiger partial charge on any atom is 0.267 e. The molecule has 0 aliphatic carbocycles. The number of hydrogen-bond donors (Lipinski definition) is 1. The number of carbonyl (C=O) groups excluding carboxylic acids is 1. The number of amides is 1. The molecule has 1 amide bonds. The smallest absolute Gasteiger partial charge is 0.267 e. The highest BCUT2D eigenvalue weighted by atomic mass is 32.1. The van der Waals surface area contributed by atoms with Gasteiger partial charge in [0.25, 0.3) is 5.91 Å². The quantitative estimate of drug-likeness (QED) is 0.652. The molecule has 2 heterocycles. The monoisotopic (exact) mass is 399 g/mol. The third kappa shape index (κ3) is 3.62. The molecule has 2 aromatic carbocycles. The number of anilines is 2. The van der Waals surface area contributed by atoms with E-state index in [0.717, 1.165) is 23.4 Å². The third-order valence-corrected chi connectivity index (χ3v) is 5.93. The number of thiazole rings is 1. The fraction of sp³-hybridized carbons (Fsp3) is 0.238. The van der Waals surface area contributed by atoms with Crippen molar-refractivity contribution in [3.05, 3.63) is 64.7 Å². The summed E-state index contributed by atoms with van der Waals surface area (Å²) in [4.78, 5) is 19.2. The van der Waals surface area contributed by atoms with Crippen molar-refractivity contribution in [2.75, 3.05) is 23.3 Å². The van der Waals surface area contributed by atoms with Crippen LogP contribution >= 0.6 is 11.3 Å². The average molecular weight is 399 g/mol. The highest BCUT2D eigenvalue weighted by Crippen LogP contribution is 2.31. The van der Waals surface area contributed by atoms with Gasteiger partial charge in [0.1, 0.15) is 15.6 Å². The second-order valence-electron chi connectivity index (χ2n) is 6.74. The topological polar surface area (TPSA) is 45.2 Å². The van der Waals surface area contributed by atoms with E-state index in [2.05, 4.69) is 10.3 Å². The van der Waals surface area contributed by atoms with Gasteiger partial charge in [-0.15, -0.1) is 11.3 Å². The minimum atomic E-state index is -0.664. The number of carbonyl (C=O) groups is 1. The molecular weight excluding hydrogens is 380 g/mol. The van der Waals surface area contributed by atoms with Crippen molar-refractivity contribution in [1.82, 2.24) is 4.98 Å². The van der Waals surface area contributed by atoms with Gasteiger partial charge in [-0.25, -0.2) is 13.8 Å².